The zero-order valence-corrected chi connectivity index (χ0v) is 16.8. The molecule has 26 heavy (non-hydrogen) atoms. The second-order valence-corrected chi connectivity index (χ2v) is 8.19. The maximum atomic E-state index is 12.7. The van der Waals surface area contributed by atoms with Gasteiger partial charge >= 0.3 is 0 Å². The van der Waals surface area contributed by atoms with Crippen LogP contribution >= 0.6 is 11.3 Å². The molecule has 1 atom stereocenters. The summed E-state index contributed by atoms with van der Waals surface area (Å²) in [6.07, 6.45) is 3.68. The van der Waals surface area contributed by atoms with Crippen LogP contribution in [0, 0.1) is 11.8 Å². The van der Waals surface area contributed by atoms with Gasteiger partial charge in [-0.1, -0.05) is 13.8 Å². The van der Waals surface area contributed by atoms with E-state index in [1.165, 1.54) is 5.56 Å². The summed E-state index contributed by atoms with van der Waals surface area (Å²) in [5, 5.41) is 7.46. The third-order valence-electron chi connectivity index (χ3n) is 5.75. The minimum atomic E-state index is 0.0399. The zero-order valence-electron chi connectivity index (χ0n) is 15.9. The van der Waals surface area contributed by atoms with Crippen molar-refractivity contribution in [3.05, 3.63) is 22.4 Å². The van der Waals surface area contributed by atoms with Crippen molar-refractivity contribution in [1.29, 1.82) is 0 Å². The molecule has 0 spiro atoms. The highest BCUT2D eigenvalue weighted by Crippen LogP contribution is 2.32. The monoisotopic (exact) mass is 377 g/mol. The number of likely N-dealkylation sites (tertiary alicyclic amines) is 1. The minimum absolute atomic E-state index is 0.0399. The lowest BCUT2D eigenvalue weighted by molar-refractivity contribution is -0.136. The van der Waals surface area contributed by atoms with E-state index in [4.69, 9.17) is 0 Å². The van der Waals surface area contributed by atoms with Crippen molar-refractivity contribution in [3.63, 3.8) is 0 Å². The third-order valence-corrected chi connectivity index (χ3v) is 6.46. The number of hydrogen-bond acceptors (Lipinski definition) is 4. The molecule has 0 aromatic carbocycles. The van der Waals surface area contributed by atoms with Gasteiger partial charge < -0.3 is 10.2 Å². The van der Waals surface area contributed by atoms with Crippen molar-refractivity contribution >= 4 is 23.2 Å². The Hall–Kier alpha value is -1.40. The Balaban J connectivity index is 1.50. The molecule has 1 aromatic heterocycles. The second-order valence-electron chi connectivity index (χ2n) is 7.41. The Labute approximate surface area is 160 Å². The maximum Gasteiger partial charge on any atom is 0.225 e. The molecule has 0 bridgehead atoms. The van der Waals surface area contributed by atoms with Gasteiger partial charge in [0.2, 0.25) is 11.8 Å². The van der Waals surface area contributed by atoms with Crippen LogP contribution in [0.2, 0.25) is 0 Å². The summed E-state index contributed by atoms with van der Waals surface area (Å²) < 4.78 is 0. The Bertz CT molecular complexity index is 588. The molecule has 0 radical (unpaired) electrons. The summed E-state index contributed by atoms with van der Waals surface area (Å²) in [7, 11) is 0. The molecule has 2 heterocycles. The topological polar surface area (TPSA) is 52.7 Å². The third kappa shape index (κ3) is 4.65. The molecular weight excluding hydrogens is 346 g/mol. The molecule has 1 saturated heterocycles. The number of likely N-dealkylation sites (N-methyl/N-ethyl adjacent to an activating group) is 1. The van der Waals surface area contributed by atoms with Gasteiger partial charge in [-0.2, -0.15) is 11.3 Å². The molecule has 1 aliphatic carbocycles. The first-order chi connectivity index (χ1) is 12.6. The van der Waals surface area contributed by atoms with Crippen LogP contribution in [0.25, 0.3) is 0 Å². The van der Waals surface area contributed by atoms with Crippen molar-refractivity contribution in [2.75, 3.05) is 32.7 Å². The number of nitrogens with zero attached hydrogens (tertiary/aromatic N) is 2. The predicted octanol–water partition coefficient (Wildman–Crippen LogP) is 2.90. The van der Waals surface area contributed by atoms with Gasteiger partial charge in [-0.25, -0.2) is 0 Å². The Morgan fingerprint density at radius 1 is 1.19 bits per heavy atom. The molecule has 3 rings (SSSR count). The first kappa shape index (κ1) is 19.4. The fraction of sp³-hybridized carbons (Fsp3) is 0.700. The molecular formula is C20H31N3O2S. The molecule has 1 N–H and O–H groups in total. The summed E-state index contributed by atoms with van der Waals surface area (Å²) >= 11 is 1.70. The number of amides is 2. The quantitative estimate of drug-likeness (QED) is 0.758. The van der Waals surface area contributed by atoms with Crippen LogP contribution in [-0.2, 0) is 9.59 Å². The molecule has 6 heteroatoms. The van der Waals surface area contributed by atoms with Gasteiger partial charge in [0.05, 0.1) is 6.04 Å². The van der Waals surface area contributed by atoms with Crippen molar-refractivity contribution in [3.8, 4) is 0 Å². The fourth-order valence-electron chi connectivity index (χ4n) is 3.88. The van der Waals surface area contributed by atoms with Crippen molar-refractivity contribution in [2.24, 2.45) is 11.8 Å². The van der Waals surface area contributed by atoms with Crippen LogP contribution < -0.4 is 5.32 Å². The second kappa shape index (κ2) is 9.00. The highest BCUT2D eigenvalue weighted by Gasteiger charge is 2.36. The van der Waals surface area contributed by atoms with Crippen molar-refractivity contribution < 1.29 is 9.59 Å². The SMILES string of the molecule is CCN(CC)C(CNC(=O)C1CCN(C(=O)C2CC2)CC1)c1ccsc1. The van der Waals surface area contributed by atoms with Gasteiger partial charge in [-0.15, -0.1) is 0 Å². The summed E-state index contributed by atoms with van der Waals surface area (Å²) in [6.45, 7) is 8.38. The summed E-state index contributed by atoms with van der Waals surface area (Å²) in [5.41, 5.74) is 1.28. The van der Waals surface area contributed by atoms with Crippen LogP contribution in [0.15, 0.2) is 16.8 Å². The van der Waals surface area contributed by atoms with Crippen molar-refractivity contribution in [2.45, 2.75) is 45.6 Å². The van der Waals surface area contributed by atoms with Crippen molar-refractivity contribution in [1.82, 2.24) is 15.1 Å². The number of hydrogen-bond donors (Lipinski definition) is 1. The predicted molar refractivity (Wildman–Crippen MR) is 105 cm³/mol. The highest BCUT2D eigenvalue weighted by atomic mass is 32.1. The molecule has 1 unspecified atom stereocenters. The average molecular weight is 378 g/mol. The molecule has 5 nitrogen and oxygen atoms in total. The number of carbonyl (C=O) groups excluding carboxylic acids is 2. The number of piperidine rings is 1. The highest BCUT2D eigenvalue weighted by molar-refractivity contribution is 7.07. The van der Waals surface area contributed by atoms with E-state index in [-0.39, 0.29) is 23.8 Å². The normalized spacial score (nSPS) is 19.6. The van der Waals surface area contributed by atoms with Gasteiger partial charge in [0.25, 0.3) is 0 Å². The maximum absolute atomic E-state index is 12.7. The molecule has 2 aliphatic rings. The van der Waals surface area contributed by atoms with Gasteiger partial charge in [0.15, 0.2) is 0 Å². The van der Waals surface area contributed by atoms with Gasteiger partial charge in [-0.3, -0.25) is 14.5 Å². The smallest absolute Gasteiger partial charge is 0.225 e. The summed E-state index contributed by atoms with van der Waals surface area (Å²) in [6, 6.07) is 2.39. The lowest BCUT2D eigenvalue weighted by Gasteiger charge is -2.33. The van der Waals surface area contributed by atoms with Crippen LogP contribution in [0.4, 0.5) is 0 Å². The van der Waals surface area contributed by atoms with Crippen LogP contribution in [0.1, 0.15) is 51.1 Å². The van der Waals surface area contributed by atoms with E-state index in [2.05, 4.69) is 40.9 Å². The van der Waals surface area contributed by atoms with E-state index in [0.29, 0.717) is 12.5 Å². The number of thiophene rings is 1. The Kier molecular flexibility index (Phi) is 6.70. The standard InChI is InChI=1S/C20H31N3O2S/c1-3-22(4-2)18(17-9-12-26-14-17)13-21-19(24)15-7-10-23(11-8-15)20(25)16-5-6-16/h9,12,14-16,18H,3-8,10-11,13H2,1-2H3,(H,21,24). The van der Waals surface area contributed by atoms with E-state index >= 15 is 0 Å². The van der Waals surface area contributed by atoms with E-state index in [1.807, 2.05) is 4.90 Å². The van der Waals surface area contributed by atoms with Crippen LogP contribution in [-0.4, -0.2) is 54.3 Å². The van der Waals surface area contributed by atoms with Gasteiger partial charge in [0, 0.05) is 31.5 Å². The zero-order chi connectivity index (χ0) is 18.5. The Morgan fingerprint density at radius 2 is 1.88 bits per heavy atom. The molecule has 1 aliphatic heterocycles. The fourth-order valence-corrected chi connectivity index (χ4v) is 4.59. The lowest BCUT2D eigenvalue weighted by atomic mass is 9.95. The van der Waals surface area contributed by atoms with E-state index in [1.54, 1.807) is 11.3 Å². The average Bonchev–Trinajstić information content (AvgIpc) is 3.39. The first-order valence-corrected chi connectivity index (χ1v) is 10.9. The van der Waals surface area contributed by atoms with E-state index < -0.39 is 0 Å². The first-order valence-electron chi connectivity index (χ1n) is 9.96. The molecule has 2 fully saturated rings. The molecule has 2 amide bonds. The number of carbonyl (C=O) groups is 2. The minimum Gasteiger partial charge on any atom is -0.354 e. The van der Waals surface area contributed by atoms with Crippen LogP contribution in [0.3, 0.4) is 0 Å². The largest absolute Gasteiger partial charge is 0.354 e. The van der Waals surface area contributed by atoms with Crippen LogP contribution in [0.5, 0.6) is 0 Å². The molecule has 144 valence electrons. The Morgan fingerprint density at radius 3 is 2.42 bits per heavy atom. The number of rotatable bonds is 8. The number of nitrogens with one attached hydrogen (secondary N) is 1. The molecule has 1 aromatic rings. The summed E-state index contributed by atoms with van der Waals surface area (Å²) in [4.78, 5) is 29.2. The van der Waals surface area contributed by atoms with Gasteiger partial charge in [0.1, 0.15) is 0 Å². The van der Waals surface area contributed by atoms with E-state index in [9.17, 15) is 9.59 Å². The molecule has 1 saturated carbocycles. The van der Waals surface area contributed by atoms with Gasteiger partial charge in [-0.05, 0) is 61.2 Å². The summed E-state index contributed by atoms with van der Waals surface area (Å²) in [5.74, 6) is 0.776. The van der Waals surface area contributed by atoms with E-state index in [0.717, 1.165) is 51.9 Å². The lowest BCUT2D eigenvalue weighted by Crippen LogP contribution is -2.45.